The van der Waals surface area contributed by atoms with Gasteiger partial charge in [0.15, 0.2) is 0 Å². The Labute approximate surface area is 43.9 Å². The molecule has 5 heavy (non-hydrogen) atoms. The second kappa shape index (κ2) is 8.84. The van der Waals surface area contributed by atoms with Crippen LogP contribution >= 0.6 is 0 Å². The van der Waals surface area contributed by atoms with E-state index < -0.39 is 0 Å². The van der Waals surface area contributed by atoms with Crippen molar-refractivity contribution < 1.29 is 18.3 Å². The normalized spacial score (nSPS) is 5.00. The Bertz CT molecular complexity index is 17.6. The molecule has 0 amide bonds. The number of hydrogen-bond acceptors (Lipinski definition) is 0. The Hall–Kier alpha value is 0.363. The second-order valence-electron chi connectivity index (χ2n) is 0.433. The number of allylic oxidation sites excluding steroid dienone is 1. The Balaban J connectivity index is 0. The molecular weight excluding hydrogens is 149 g/mol. The van der Waals surface area contributed by atoms with Crippen LogP contribution < -0.4 is 0 Å². The fourth-order valence-electron chi connectivity index (χ4n) is 0. The van der Waals surface area contributed by atoms with Crippen molar-refractivity contribution in [3.63, 3.8) is 0 Å². The van der Waals surface area contributed by atoms with Gasteiger partial charge in [0, 0.05) is 0 Å². The molecule has 0 spiro atoms. The summed E-state index contributed by atoms with van der Waals surface area (Å²) in [5, 5.41) is 1.01. The summed E-state index contributed by atoms with van der Waals surface area (Å²) in [6, 6.07) is 0. The van der Waals surface area contributed by atoms with Crippen LogP contribution in [-0.4, -0.2) is 0 Å². The maximum absolute atomic E-state index is 3.46. The molecule has 0 aromatic heterocycles. The van der Waals surface area contributed by atoms with Gasteiger partial charge < -0.3 is 0 Å². The third kappa shape index (κ3) is 13.1. The summed E-state index contributed by atoms with van der Waals surface area (Å²) in [4.78, 5) is 0. The van der Waals surface area contributed by atoms with E-state index in [0.29, 0.717) is 0 Å². The Morgan fingerprint density at radius 1 is 1.80 bits per heavy atom. The van der Waals surface area contributed by atoms with E-state index in [0.717, 1.165) is 5.02 Å². The molecule has 0 atom stereocenters. The van der Waals surface area contributed by atoms with E-state index in [2.05, 4.69) is 24.9 Å². The zero-order valence-electron chi connectivity index (χ0n) is 3.05. The molecule has 0 saturated carbocycles. The van der Waals surface area contributed by atoms with E-state index in [4.69, 9.17) is 0 Å². The zero-order valence-corrected chi connectivity index (χ0v) is 4.79. The van der Waals surface area contributed by atoms with Crippen LogP contribution in [0.5, 0.6) is 0 Å². The van der Waals surface area contributed by atoms with Gasteiger partial charge in [0.1, 0.15) is 0 Å². The molecule has 0 aliphatic rings. The molecule has 0 aromatic rings. The summed E-state index contributed by atoms with van der Waals surface area (Å²) in [6.07, 6.45) is 1.84. The molecule has 0 heterocycles. The SMILES string of the molecule is C=C[CH2][Ru].[CH2]. The molecular formula is C4H7Ru. The van der Waals surface area contributed by atoms with E-state index in [1.807, 2.05) is 6.08 Å². The van der Waals surface area contributed by atoms with E-state index in [9.17, 15) is 0 Å². The fourth-order valence-corrected chi connectivity index (χ4v) is 0. The minimum Gasteiger partial charge on any atom is -0.0533 e. The summed E-state index contributed by atoms with van der Waals surface area (Å²) in [7, 11) is 0. The second-order valence-corrected chi connectivity index (χ2v) is 1.14. The van der Waals surface area contributed by atoms with Gasteiger partial charge in [0.05, 0.1) is 0 Å². The van der Waals surface area contributed by atoms with Crippen LogP contribution in [0.1, 0.15) is 0 Å². The molecule has 0 aliphatic carbocycles. The predicted molar refractivity (Wildman–Crippen MR) is 20.4 cm³/mol. The maximum Gasteiger partial charge on any atom is -0.0533 e. The van der Waals surface area contributed by atoms with E-state index >= 15 is 0 Å². The Kier molecular flexibility index (Phi) is 16.0. The topological polar surface area (TPSA) is 0 Å². The fraction of sp³-hybridized carbons (Fsp3) is 0.250. The third-order valence-electron chi connectivity index (χ3n) is 0.102. The molecule has 0 N–H and O–H groups in total. The van der Waals surface area contributed by atoms with Crippen LogP contribution in [-0.2, 0) is 18.3 Å². The quantitative estimate of drug-likeness (QED) is 0.398. The molecule has 2 radical (unpaired) electrons. The van der Waals surface area contributed by atoms with Crippen LogP contribution in [0.2, 0.25) is 5.02 Å². The van der Waals surface area contributed by atoms with Crippen molar-refractivity contribution >= 4 is 0 Å². The average molecular weight is 156 g/mol. The first-order valence-corrected chi connectivity index (χ1v) is 2.30. The summed E-state index contributed by atoms with van der Waals surface area (Å²) in [5.41, 5.74) is 0. The van der Waals surface area contributed by atoms with Crippen molar-refractivity contribution in [1.82, 2.24) is 0 Å². The van der Waals surface area contributed by atoms with Crippen LogP contribution in [0.4, 0.5) is 0 Å². The van der Waals surface area contributed by atoms with Gasteiger partial charge in [0.2, 0.25) is 0 Å². The van der Waals surface area contributed by atoms with Crippen LogP contribution in [0, 0.1) is 7.43 Å². The molecule has 0 fully saturated rings. The van der Waals surface area contributed by atoms with Crippen molar-refractivity contribution in [2.24, 2.45) is 0 Å². The summed E-state index contributed by atoms with van der Waals surface area (Å²) in [6.45, 7) is 3.46. The van der Waals surface area contributed by atoms with Crippen LogP contribution in [0.3, 0.4) is 0 Å². The predicted octanol–water partition coefficient (Wildman–Crippen LogP) is 1.46. The van der Waals surface area contributed by atoms with Gasteiger partial charge in [-0.15, -0.1) is 0 Å². The maximum atomic E-state index is 3.46. The van der Waals surface area contributed by atoms with E-state index in [-0.39, 0.29) is 7.43 Å². The van der Waals surface area contributed by atoms with Crippen LogP contribution in [0.25, 0.3) is 0 Å². The Morgan fingerprint density at radius 2 is 2.00 bits per heavy atom. The van der Waals surface area contributed by atoms with Crippen molar-refractivity contribution in [3.05, 3.63) is 20.1 Å². The molecule has 0 aliphatic heterocycles. The smallest absolute Gasteiger partial charge is 0.0533 e. The summed E-state index contributed by atoms with van der Waals surface area (Å²) < 4.78 is 0. The first-order chi connectivity index (χ1) is 1.91. The van der Waals surface area contributed by atoms with Gasteiger partial charge >= 0.3 is 36.0 Å². The molecule has 0 saturated heterocycles. The Morgan fingerprint density at radius 3 is 2.00 bits per heavy atom. The molecule has 0 unspecified atom stereocenters. The van der Waals surface area contributed by atoms with Crippen molar-refractivity contribution in [2.45, 2.75) is 5.02 Å². The molecule has 31 valence electrons. The molecule has 0 nitrogen and oxygen atoms in total. The van der Waals surface area contributed by atoms with Gasteiger partial charge in [-0.25, -0.2) is 0 Å². The first kappa shape index (κ1) is 9.03. The molecule has 0 bridgehead atoms. The standard InChI is InChI=1S/C3H5.CH2.Ru/c1-3-2;;/h3H,1-2H2;1H2;. The van der Waals surface area contributed by atoms with Crippen molar-refractivity contribution in [3.8, 4) is 0 Å². The average Bonchev–Trinajstić information content (AvgIpc) is 1.37. The molecule has 0 aromatic carbocycles. The summed E-state index contributed by atoms with van der Waals surface area (Å²) in [5.74, 6) is 0. The van der Waals surface area contributed by atoms with Gasteiger partial charge in [-0.05, 0) is 0 Å². The minimum absolute atomic E-state index is 0. The van der Waals surface area contributed by atoms with Gasteiger partial charge in [-0.3, -0.25) is 0 Å². The van der Waals surface area contributed by atoms with E-state index in [1.54, 1.807) is 0 Å². The first-order valence-electron chi connectivity index (χ1n) is 1.07. The van der Waals surface area contributed by atoms with Crippen LogP contribution in [0.15, 0.2) is 12.7 Å². The van der Waals surface area contributed by atoms with Gasteiger partial charge in [0.25, 0.3) is 0 Å². The zero-order chi connectivity index (χ0) is 3.41. The van der Waals surface area contributed by atoms with E-state index in [1.165, 1.54) is 0 Å². The van der Waals surface area contributed by atoms with Gasteiger partial charge in [-0.1, -0.05) is 7.43 Å². The monoisotopic (exact) mass is 157 g/mol. The number of rotatable bonds is 1. The van der Waals surface area contributed by atoms with Gasteiger partial charge in [-0.2, -0.15) is 0 Å². The van der Waals surface area contributed by atoms with Crippen molar-refractivity contribution in [2.75, 3.05) is 0 Å². The molecule has 0 rings (SSSR count). The largest absolute Gasteiger partial charge is 0.0533 e. The molecule has 1 heteroatoms. The summed E-state index contributed by atoms with van der Waals surface area (Å²) >= 11 is 2.46. The van der Waals surface area contributed by atoms with Crippen molar-refractivity contribution in [1.29, 1.82) is 0 Å². The number of hydrogen-bond donors (Lipinski definition) is 0. The minimum atomic E-state index is 0. The third-order valence-corrected chi connectivity index (χ3v) is 0.604.